The van der Waals surface area contributed by atoms with Gasteiger partial charge in [0, 0.05) is 32.3 Å². The van der Waals surface area contributed by atoms with Crippen LogP contribution in [0.2, 0.25) is 0 Å². The maximum absolute atomic E-state index is 13.3. The van der Waals surface area contributed by atoms with Gasteiger partial charge in [-0.1, -0.05) is 0 Å². The van der Waals surface area contributed by atoms with Crippen molar-refractivity contribution < 1.29 is 27.9 Å². The molecule has 1 aliphatic heterocycles. The lowest BCUT2D eigenvalue weighted by atomic mass is 10.0. The van der Waals surface area contributed by atoms with Crippen LogP contribution in [0.1, 0.15) is 65.6 Å². The number of amides is 1. The topological polar surface area (TPSA) is 119 Å². The van der Waals surface area contributed by atoms with Crippen LogP contribution < -0.4 is 0 Å². The number of hydrogen-bond acceptors (Lipinski definition) is 7. The normalized spacial score (nSPS) is 21.6. The van der Waals surface area contributed by atoms with E-state index in [1.54, 1.807) is 18.9 Å². The summed E-state index contributed by atoms with van der Waals surface area (Å²) in [5.74, 6) is -0.850. The zero-order valence-electron chi connectivity index (χ0n) is 16.8. The van der Waals surface area contributed by atoms with E-state index in [-0.39, 0.29) is 37.8 Å². The third-order valence-electron chi connectivity index (χ3n) is 6.54. The third kappa shape index (κ3) is 2.99. The minimum atomic E-state index is -3.45. The van der Waals surface area contributed by atoms with E-state index >= 15 is 0 Å². The van der Waals surface area contributed by atoms with Crippen LogP contribution in [-0.2, 0) is 28.0 Å². The Morgan fingerprint density at radius 3 is 2.45 bits per heavy atom. The average molecular weight is 426 g/mol. The molecule has 0 unspecified atom stereocenters. The molecule has 2 aliphatic carbocycles. The Kier molecular flexibility index (Phi) is 4.77. The highest BCUT2D eigenvalue weighted by molar-refractivity contribution is 7.94. The minimum absolute atomic E-state index is 0.146. The van der Waals surface area contributed by atoms with E-state index in [9.17, 15) is 23.1 Å². The van der Waals surface area contributed by atoms with E-state index in [0.717, 1.165) is 0 Å². The van der Waals surface area contributed by atoms with Crippen LogP contribution in [0.5, 0.6) is 0 Å². The number of aliphatic hydroxyl groups excluding tert-OH is 1. The summed E-state index contributed by atoms with van der Waals surface area (Å²) in [6.45, 7) is 2.28. The fraction of sp³-hybridized carbons (Fsp3) is 0.737. The van der Waals surface area contributed by atoms with E-state index in [1.165, 1.54) is 4.68 Å². The summed E-state index contributed by atoms with van der Waals surface area (Å²) in [5.41, 5.74) is 1.05. The number of aromatic nitrogens is 2. The number of esters is 1. The van der Waals surface area contributed by atoms with Gasteiger partial charge in [-0.15, -0.1) is 0 Å². The van der Waals surface area contributed by atoms with Gasteiger partial charge in [-0.3, -0.25) is 9.48 Å². The van der Waals surface area contributed by atoms with Crippen LogP contribution in [0.3, 0.4) is 0 Å². The SMILES string of the molecule is CCOC(=O)c1nn(C)c2c1CCN(CC1(S(=O)(=O)C3(CCO)CC3)CC1)C2=O. The van der Waals surface area contributed by atoms with Crippen molar-refractivity contribution in [2.75, 3.05) is 26.3 Å². The first-order valence-electron chi connectivity index (χ1n) is 10.1. The number of aryl methyl sites for hydroxylation is 1. The number of rotatable bonds is 8. The van der Waals surface area contributed by atoms with Gasteiger partial charge in [0.25, 0.3) is 5.91 Å². The van der Waals surface area contributed by atoms with E-state index in [0.29, 0.717) is 49.9 Å². The number of fused-ring (bicyclic) bond motifs is 1. The highest BCUT2D eigenvalue weighted by Gasteiger charge is 2.67. The molecule has 1 N–H and O–H groups in total. The fourth-order valence-electron chi connectivity index (χ4n) is 4.54. The predicted molar refractivity (Wildman–Crippen MR) is 103 cm³/mol. The number of sulfone groups is 1. The molecule has 3 aliphatic rings. The molecule has 0 atom stereocenters. The Morgan fingerprint density at radius 2 is 1.90 bits per heavy atom. The van der Waals surface area contributed by atoms with Crippen LogP contribution in [0.4, 0.5) is 0 Å². The average Bonchev–Trinajstić information content (AvgIpc) is 3.58. The van der Waals surface area contributed by atoms with E-state index in [2.05, 4.69) is 5.10 Å². The van der Waals surface area contributed by atoms with Crippen LogP contribution in [0, 0.1) is 0 Å². The molecule has 0 bridgehead atoms. The van der Waals surface area contributed by atoms with Crippen molar-refractivity contribution in [3.05, 3.63) is 17.0 Å². The molecule has 2 fully saturated rings. The summed E-state index contributed by atoms with van der Waals surface area (Å²) < 4.78 is 31.3. The van der Waals surface area contributed by atoms with Crippen molar-refractivity contribution in [2.24, 2.45) is 7.05 Å². The lowest BCUT2D eigenvalue weighted by Crippen LogP contribution is -2.48. The molecule has 2 saturated carbocycles. The number of nitrogens with zero attached hydrogens (tertiary/aromatic N) is 3. The first-order chi connectivity index (χ1) is 13.7. The zero-order chi connectivity index (χ0) is 21.0. The van der Waals surface area contributed by atoms with Crippen molar-refractivity contribution in [2.45, 2.75) is 54.9 Å². The quantitative estimate of drug-likeness (QED) is 0.601. The molecule has 1 amide bonds. The Labute approximate surface area is 169 Å². The van der Waals surface area contributed by atoms with Gasteiger partial charge in [0.1, 0.15) is 5.69 Å². The second-order valence-corrected chi connectivity index (χ2v) is 11.1. The van der Waals surface area contributed by atoms with Crippen molar-refractivity contribution in [3.63, 3.8) is 0 Å². The number of aliphatic hydroxyl groups is 1. The first-order valence-corrected chi connectivity index (χ1v) is 11.6. The van der Waals surface area contributed by atoms with Gasteiger partial charge in [0.05, 0.1) is 16.1 Å². The summed E-state index contributed by atoms with van der Waals surface area (Å²) in [6, 6.07) is 0. The van der Waals surface area contributed by atoms with Gasteiger partial charge in [-0.05, 0) is 45.4 Å². The highest BCUT2D eigenvalue weighted by atomic mass is 32.2. The number of carbonyl (C=O) groups excluding carboxylic acids is 2. The summed E-state index contributed by atoms with van der Waals surface area (Å²) in [5, 5.41) is 13.5. The molecular formula is C19H27N3O6S. The van der Waals surface area contributed by atoms with Gasteiger partial charge in [-0.2, -0.15) is 5.10 Å². The zero-order valence-corrected chi connectivity index (χ0v) is 17.6. The molecule has 29 heavy (non-hydrogen) atoms. The Hall–Kier alpha value is -1.94. The minimum Gasteiger partial charge on any atom is -0.461 e. The van der Waals surface area contributed by atoms with Crippen molar-refractivity contribution in [1.29, 1.82) is 0 Å². The molecular weight excluding hydrogens is 398 g/mol. The molecule has 0 aromatic carbocycles. The first kappa shape index (κ1) is 20.3. The van der Waals surface area contributed by atoms with E-state index in [1.807, 2.05) is 0 Å². The molecule has 10 heteroatoms. The van der Waals surface area contributed by atoms with E-state index < -0.39 is 25.3 Å². The van der Waals surface area contributed by atoms with Gasteiger partial charge < -0.3 is 14.7 Å². The molecule has 1 aromatic rings. The highest BCUT2D eigenvalue weighted by Crippen LogP contribution is 2.58. The second kappa shape index (κ2) is 6.80. The summed E-state index contributed by atoms with van der Waals surface area (Å²) in [4.78, 5) is 26.9. The molecule has 1 aromatic heterocycles. The number of hydrogen-bond donors (Lipinski definition) is 1. The number of carbonyl (C=O) groups is 2. The Balaban J connectivity index is 1.57. The summed E-state index contributed by atoms with van der Waals surface area (Å²) >= 11 is 0. The fourth-order valence-corrected chi connectivity index (χ4v) is 7.42. The Morgan fingerprint density at radius 1 is 1.24 bits per heavy atom. The maximum atomic E-state index is 13.3. The van der Waals surface area contributed by atoms with Gasteiger partial charge in [0.2, 0.25) is 0 Å². The van der Waals surface area contributed by atoms with E-state index in [4.69, 9.17) is 4.74 Å². The summed E-state index contributed by atoms with van der Waals surface area (Å²) in [7, 11) is -1.85. The van der Waals surface area contributed by atoms with Crippen LogP contribution >= 0.6 is 0 Å². The lowest BCUT2D eigenvalue weighted by molar-refractivity contribution is 0.0517. The van der Waals surface area contributed by atoms with Gasteiger partial charge in [-0.25, -0.2) is 13.2 Å². The van der Waals surface area contributed by atoms with Crippen LogP contribution in [0.15, 0.2) is 0 Å². The molecule has 0 spiro atoms. The molecule has 9 nitrogen and oxygen atoms in total. The largest absolute Gasteiger partial charge is 0.461 e. The molecule has 2 heterocycles. The Bertz CT molecular complexity index is 959. The second-order valence-electron chi connectivity index (χ2n) is 8.34. The maximum Gasteiger partial charge on any atom is 0.359 e. The third-order valence-corrected chi connectivity index (χ3v) is 9.97. The standard InChI is InChI=1S/C19H27N3O6S/c1-3-28-17(25)14-13-4-10-22(16(24)15(13)21(2)20-14)12-19(7-8-19)29(26,27)18(5-6-18)9-11-23/h23H,3-12H2,1-2H3. The molecule has 0 saturated heterocycles. The van der Waals surface area contributed by atoms with Gasteiger partial charge >= 0.3 is 5.97 Å². The smallest absolute Gasteiger partial charge is 0.359 e. The number of ether oxygens (including phenoxy) is 1. The predicted octanol–water partition coefficient (Wildman–Crippen LogP) is 0.458. The molecule has 4 rings (SSSR count). The molecule has 0 radical (unpaired) electrons. The lowest BCUT2D eigenvalue weighted by Gasteiger charge is -2.32. The van der Waals surface area contributed by atoms with Crippen LogP contribution in [0.25, 0.3) is 0 Å². The van der Waals surface area contributed by atoms with Crippen LogP contribution in [-0.4, -0.2) is 75.9 Å². The van der Waals surface area contributed by atoms with Gasteiger partial charge in [0.15, 0.2) is 15.5 Å². The monoisotopic (exact) mass is 425 g/mol. The molecule has 160 valence electrons. The van der Waals surface area contributed by atoms with Crippen molar-refractivity contribution >= 4 is 21.7 Å². The van der Waals surface area contributed by atoms with Crippen molar-refractivity contribution in [3.8, 4) is 0 Å². The summed E-state index contributed by atoms with van der Waals surface area (Å²) in [6.07, 6.45) is 2.94. The van der Waals surface area contributed by atoms with Crippen molar-refractivity contribution in [1.82, 2.24) is 14.7 Å².